The van der Waals surface area contributed by atoms with Gasteiger partial charge in [-0.15, -0.1) is 10.2 Å². The van der Waals surface area contributed by atoms with Crippen molar-refractivity contribution in [3.63, 3.8) is 0 Å². The Bertz CT molecular complexity index is 534. The molecule has 126 valence electrons. The molecule has 1 aliphatic heterocycles. The maximum Gasteiger partial charge on any atom is 0.328 e. The summed E-state index contributed by atoms with van der Waals surface area (Å²) in [6, 6.07) is 3.72. The van der Waals surface area contributed by atoms with Crippen LogP contribution in [-0.2, 0) is 9.59 Å². The third-order valence-electron chi connectivity index (χ3n) is 3.03. The Morgan fingerprint density at radius 2 is 1.74 bits per heavy atom. The van der Waals surface area contributed by atoms with Crippen molar-refractivity contribution in [3.05, 3.63) is 29.4 Å². The van der Waals surface area contributed by atoms with Gasteiger partial charge in [0.25, 0.3) is 0 Å². The number of aromatic nitrogens is 2. The van der Waals surface area contributed by atoms with E-state index in [1.807, 2.05) is 6.07 Å². The molecule has 23 heavy (non-hydrogen) atoms. The molecule has 1 aromatic rings. The molecule has 0 saturated carbocycles. The second-order valence-corrected chi connectivity index (χ2v) is 5.26. The Morgan fingerprint density at radius 1 is 1.09 bits per heavy atom. The first-order chi connectivity index (χ1) is 10.9. The molecular weight excluding hydrogens is 324 g/mol. The van der Waals surface area contributed by atoms with Gasteiger partial charge in [0.1, 0.15) is 0 Å². The molecule has 0 unspecified atom stereocenters. The zero-order valence-corrected chi connectivity index (χ0v) is 13.5. The van der Waals surface area contributed by atoms with Crippen LogP contribution in [0.25, 0.3) is 0 Å². The predicted octanol–water partition coefficient (Wildman–Crippen LogP) is 0.984. The summed E-state index contributed by atoms with van der Waals surface area (Å²) in [4.78, 5) is 23.7. The quantitative estimate of drug-likeness (QED) is 0.783. The van der Waals surface area contributed by atoms with Crippen molar-refractivity contribution in [2.75, 3.05) is 38.1 Å². The molecule has 2 rings (SSSR count). The van der Waals surface area contributed by atoms with Crippen LogP contribution in [0.15, 0.2) is 24.3 Å². The lowest BCUT2D eigenvalue weighted by Gasteiger charge is -2.20. The number of nitrogens with zero attached hydrogens (tertiary/aromatic N) is 4. The van der Waals surface area contributed by atoms with Crippen molar-refractivity contribution in [1.29, 1.82) is 0 Å². The summed E-state index contributed by atoms with van der Waals surface area (Å²) in [5.41, 5.74) is 0. The zero-order chi connectivity index (χ0) is 17.2. The number of aliphatic carboxylic acids is 2. The van der Waals surface area contributed by atoms with E-state index in [1.165, 1.54) is 6.42 Å². The summed E-state index contributed by atoms with van der Waals surface area (Å²) < 4.78 is 0. The van der Waals surface area contributed by atoms with Crippen molar-refractivity contribution in [2.45, 2.75) is 6.42 Å². The Balaban J connectivity index is 0.000000284. The van der Waals surface area contributed by atoms with Gasteiger partial charge in [-0.25, -0.2) is 9.59 Å². The van der Waals surface area contributed by atoms with Gasteiger partial charge in [-0.3, -0.25) is 0 Å². The Morgan fingerprint density at radius 3 is 2.26 bits per heavy atom. The Labute approximate surface area is 139 Å². The molecule has 0 spiro atoms. The average molecular weight is 343 g/mol. The normalized spacial score (nSPS) is 15.7. The number of carboxylic acid groups (broad SMARTS) is 2. The van der Waals surface area contributed by atoms with Crippen LogP contribution in [0.3, 0.4) is 0 Å². The summed E-state index contributed by atoms with van der Waals surface area (Å²) in [5, 5.41) is 24.0. The Hall–Kier alpha value is -2.19. The standard InChI is InChI=1S/C10H15ClN4.C4H4O4/c1-14-5-2-6-15(8-7-14)10-4-3-9(11)12-13-10;5-3(6)1-2-4(7)8/h3-4H,2,5-8H2,1H3;1-2H,(H,5,6)(H,7,8)/b;2-1+. The molecule has 1 fully saturated rings. The number of anilines is 1. The van der Waals surface area contributed by atoms with E-state index in [9.17, 15) is 9.59 Å². The minimum atomic E-state index is -1.26. The first-order valence-electron chi connectivity index (χ1n) is 6.95. The van der Waals surface area contributed by atoms with Crippen LogP contribution in [0.5, 0.6) is 0 Å². The van der Waals surface area contributed by atoms with Crippen molar-refractivity contribution >= 4 is 29.4 Å². The third-order valence-corrected chi connectivity index (χ3v) is 3.23. The molecule has 0 atom stereocenters. The molecule has 0 radical (unpaired) electrons. The van der Waals surface area contributed by atoms with E-state index >= 15 is 0 Å². The maximum atomic E-state index is 9.55. The second kappa shape index (κ2) is 9.75. The summed E-state index contributed by atoms with van der Waals surface area (Å²) >= 11 is 5.71. The lowest BCUT2D eigenvalue weighted by Crippen LogP contribution is -2.29. The highest BCUT2D eigenvalue weighted by Crippen LogP contribution is 2.13. The van der Waals surface area contributed by atoms with Gasteiger partial charge in [-0.1, -0.05) is 11.6 Å². The van der Waals surface area contributed by atoms with Crippen LogP contribution < -0.4 is 4.90 Å². The number of hydrogen-bond acceptors (Lipinski definition) is 6. The third kappa shape index (κ3) is 8.12. The van der Waals surface area contributed by atoms with Crippen molar-refractivity contribution in [3.8, 4) is 0 Å². The van der Waals surface area contributed by atoms with Crippen LogP contribution in [0.2, 0.25) is 5.15 Å². The monoisotopic (exact) mass is 342 g/mol. The topological polar surface area (TPSA) is 107 Å². The number of carbonyl (C=O) groups is 2. The van der Waals surface area contributed by atoms with E-state index in [0.717, 1.165) is 32.0 Å². The first kappa shape index (κ1) is 18.9. The molecule has 9 heteroatoms. The number of hydrogen-bond donors (Lipinski definition) is 2. The van der Waals surface area contributed by atoms with Gasteiger partial charge in [0.15, 0.2) is 11.0 Å². The Kier molecular flexibility index (Phi) is 8.00. The fourth-order valence-electron chi connectivity index (χ4n) is 1.90. The lowest BCUT2D eigenvalue weighted by molar-refractivity contribution is -0.134. The smallest absolute Gasteiger partial charge is 0.328 e. The second-order valence-electron chi connectivity index (χ2n) is 4.87. The van der Waals surface area contributed by atoms with Crippen molar-refractivity contribution < 1.29 is 19.8 Å². The lowest BCUT2D eigenvalue weighted by atomic mass is 10.4. The van der Waals surface area contributed by atoms with E-state index in [4.69, 9.17) is 21.8 Å². The van der Waals surface area contributed by atoms with Crippen LogP contribution in [0.1, 0.15) is 6.42 Å². The summed E-state index contributed by atoms with van der Waals surface area (Å²) in [6.07, 6.45) is 2.28. The number of likely N-dealkylation sites (N-methyl/N-ethyl adjacent to an activating group) is 1. The van der Waals surface area contributed by atoms with Crippen LogP contribution >= 0.6 is 11.6 Å². The number of halogens is 1. The van der Waals surface area contributed by atoms with E-state index < -0.39 is 11.9 Å². The predicted molar refractivity (Wildman–Crippen MR) is 85.8 cm³/mol. The summed E-state index contributed by atoms with van der Waals surface area (Å²) in [5.74, 6) is -1.59. The zero-order valence-electron chi connectivity index (χ0n) is 12.7. The molecule has 0 aromatic carbocycles. The highest BCUT2D eigenvalue weighted by atomic mass is 35.5. The fourth-order valence-corrected chi connectivity index (χ4v) is 2.00. The van der Waals surface area contributed by atoms with E-state index in [1.54, 1.807) is 6.07 Å². The number of rotatable bonds is 3. The van der Waals surface area contributed by atoms with Crippen LogP contribution in [0.4, 0.5) is 5.82 Å². The van der Waals surface area contributed by atoms with Gasteiger partial charge in [0, 0.05) is 31.8 Å². The molecule has 1 saturated heterocycles. The van der Waals surface area contributed by atoms with Crippen molar-refractivity contribution in [1.82, 2.24) is 15.1 Å². The largest absolute Gasteiger partial charge is 0.478 e. The number of carboxylic acids is 2. The van der Waals surface area contributed by atoms with Crippen LogP contribution in [-0.4, -0.2) is 70.5 Å². The van der Waals surface area contributed by atoms with Crippen molar-refractivity contribution in [2.24, 2.45) is 0 Å². The van der Waals surface area contributed by atoms with E-state index in [0.29, 0.717) is 17.3 Å². The molecule has 1 aromatic heterocycles. The van der Waals surface area contributed by atoms with Gasteiger partial charge < -0.3 is 20.0 Å². The highest BCUT2D eigenvalue weighted by Gasteiger charge is 2.13. The first-order valence-corrected chi connectivity index (χ1v) is 7.33. The minimum absolute atomic E-state index is 0.450. The summed E-state index contributed by atoms with van der Waals surface area (Å²) in [7, 11) is 2.15. The molecule has 0 aliphatic carbocycles. The molecule has 2 N–H and O–H groups in total. The molecule has 2 heterocycles. The van der Waals surface area contributed by atoms with Gasteiger partial charge in [-0.2, -0.15) is 0 Å². The van der Waals surface area contributed by atoms with Crippen LogP contribution in [0, 0.1) is 0 Å². The van der Waals surface area contributed by atoms with Gasteiger partial charge in [0.2, 0.25) is 0 Å². The fraction of sp³-hybridized carbons (Fsp3) is 0.429. The molecule has 0 bridgehead atoms. The average Bonchev–Trinajstić information content (AvgIpc) is 2.71. The van der Waals surface area contributed by atoms with E-state index in [-0.39, 0.29) is 0 Å². The van der Waals surface area contributed by atoms with Gasteiger partial charge in [-0.05, 0) is 32.1 Å². The maximum absolute atomic E-state index is 9.55. The van der Waals surface area contributed by atoms with Gasteiger partial charge >= 0.3 is 11.9 Å². The SMILES string of the molecule is CN1CCCN(c2ccc(Cl)nn2)CC1.O=C(O)/C=C/C(=O)O. The summed E-state index contributed by atoms with van der Waals surface area (Å²) in [6.45, 7) is 4.27. The van der Waals surface area contributed by atoms with E-state index in [2.05, 4.69) is 27.0 Å². The molecule has 1 aliphatic rings. The minimum Gasteiger partial charge on any atom is -0.478 e. The molecule has 0 amide bonds. The van der Waals surface area contributed by atoms with Gasteiger partial charge in [0.05, 0.1) is 0 Å². The molecule has 8 nitrogen and oxygen atoms in total. The molecular formula is C14H19ClN4O4. The highest BCUT2D eigenvalue weighted by molar-refractivity contribution is 6.29.